The molecule has 1 aromatic rings. The van der Waals surface area contributed by atoms with Crippen molar-refractivity contribution in [1.29, 1.82) is 0 Å². The molecule has 0 radical (unpaired) electrons. The maximum Gasteiger partial charge on any atom is 0.242 e. The van der Waals surface area contributed by atoms with E-state index in [0.29, 0.717) is 12.5 Å². The Morgan fingerprint density at radius 1 is 1.59 bits per heavy atom. The molecular weight excluding hydrogens is 238 g/mol. The van der Waals surface area contributed by atoms with Gasteiger partial charge in [0.1, 0.15) is 0 Å². The molecule has 0 spiro atoms. The fourth-order valence-corrected chi connectivity index (χ4v) is 3.20. The highest BCUT2D eigenvalue weighted by molar-refractivity contribution is 7.89. The Bertz CT molecular complexity index is 477. The second-order valence-corrected chi connectivity index (χ2v) is 6.48. The van der Waals surface area contributed by atoms with Gasteiger partial charge in [-0.1, -0.05) is 12.8 Å². The van der Waals surface area contributed by atoms with Gasteiger partial charge in [-0.25, -0.2) is 13.1 Å². The zero-order valence-corrected chi connectivity index (χ0v) is 10.8. The summed E-state index contributed by atoms with van der Waals surface area (Å²) in [5.74, 6) is 0.707. The number of nitrogens with one attached hydrogen (secondary N) is 2. The summed E-state index contributed by atoms with van der Waals surface area (Å²) in [6.07, 6.45) is 4.86. The van der Waals surface area contributed by atoms with Gasteiger partial charge in [0.05, 0.1) is 4.90 Å². The average Bonchev–Trinajstić information content (AvgIpc) is 2.92. The van der Waals surface area contributed by atoms with E-state index in [1.54, 1.807) is 6.07 Å². The summed E-state index contributed by atoms with van der Waals surface area (Å²) in [5.41, 5.74) is 6.16. The van der Waals surface area contributed by atoms with E-state index in [4.69, 9.17) is 5.73 Å². The fourth-order valence-electron chi connectivity index (χ4n) is 1.93. The topological polar surface area (TPSA) is 88.0 Å². The lowest BCUT2D eigenvalue weighted by Gasteiger charge is -2.12. The van der Waals surface area contributed by atoms with Crippen molar-refractivity contribution in [2.45, 2.75) is 43.7 Å². The molecule has 0 bridgehead atoms. The molecular formula is C11H19N3O2S. The van der Waals surface area contributed by atoms with Gasteiger partial charge in [0.15, 0.2) is 0 Å². The molecule has 1 fully saturated rings. The van der Waals surface area contributed by atoms with Crippen molar-refractivity contribution in [2.24, 2.45) is 11.7 Å². The Kier molecular flexibility index (Phi) is 3.56. The maximum atomic E-state index is 12.0. The second kappa shape index (κ2) is 4.80. The minimum Gasteiger partial charge on any atom is -0.363 e. The smallest absolute Gasteiger partial charge is 0.242 e. The standard InChI is InChI=1S/C11H19N3O2S/c1-8(4-9-2-3-9)14-17(15,16)11-5-10(6-12)13-7-11/h5,7-9,13-14H,2-4,6,12H2,1H3. The number of sulfonamides is 1. The summed E-state index contributed by atoms with van der Waals surface area (Å²) < 4.78 is 26.7. The third kappa shape index (κ3) is 3.31. The highest BCUT2D eigenvalue weighted by atomic mass is 32.2. The lowest BCUT2D eigenvalue weighted by Crippen LogP contribution is -2.32. The molecule has 0 saturated heterocycles. The van der Waals surface area contributed by atoms with Gasteiger partial charge in [0.25, 0.3) is 0 Å². The van der Waals surface area contributed by atoms with Crippen LogP contribution in [0, 0.1) is 5.92 Å². The van der Waals surface area contributed by atoms with E-state index in [0.717, 1.165) is 12.1 Å². The van der Waals surface area contributed by atoms with Crippen molar-refractivity contribution < 1.29 is 8.42 Å². The molecule has 4 N–H and O–H groups in total. The Morgan fingerprint density at radius 2 is 2.29 bits per heavy atom. The van der Waals surface area contributed by atoms with Gasteiger partial charge < -0.3 is 10.7 Å². The normalized spacial score (nSPS) is 18.2. The Balaban J connectivity index is 2.01. The van der Waals surface area contributed by atoms with Crippen LogP contribution < -0.4 is 10.5 Å². The van der Waals surface area contributed by atoms with Crippen LogP contribution in [0.25, 0.3) is 0 Å². The molecule has 0 aliphatic heterocycles. The number of aromatic nitrogens is 1. The van der Waals surface area contributed by atoms with Gasteiger partial charge in [0, 0.05) is 24.5 Å². The van der Waals surface area contributed by atoms with E-state index in [9.17, 15) is 8.42 Å². The van der Waals surface area contributed by atoms with Crippen molar-refractivity contribution in [3.8, 4) is 0 Å². The lowest BCUT2D eigenvalue weighted by atomic mass is 10.2. The molecule has 1 atom stereocenters. The Labute approximate surface area is 102 Å². The van der Waals surface area contributed by atoms with Gasteiger partial charge in [-0.05, 0) is 25.3 Å². The Morgan fingerprint density at radius 3 is 2.82 bits per heavy atom. The maximum absolute atomic E-state index is 12.0. The van der Waals surface area contributed by atoms with Crippen molar-refractivity contribution in [3.63, 3.8) is 0 Å². The number of H-pyrrole nitrogens is 1. The van der Waals surface area contributed by atoms with Gasteiger partial charge in [0.2, 0.25) is 10.0 Å². The molecule has 17 heavy (non-hydrogen) atoms. The summed E-state index contributed by atoms with van der Waals surface area (Å²) in [5, 5.41) is 0. The summed E-state index contributed by atoms with van der Waals surface area (Å²) in [4.78, 5) is 3.11. The molecule has 1 aliphatic rings. The largest absolute Gasteiger partial charge is 0.363 e. The number of hydrogen-bond acceptors (Lipinski definition) is 3. The third-order valence-corrected chi connectivity index (χ3v) is 4.56. The zero-order chi connectivity index (χ0) is 12.5. The highest BCUT2D eigenvalue weighted by Gasteiger charge is 2.26. The molecule has 96 valence electrons. The van der Waals surface area contributed by atoms with Crippen LogP contribution in [0.5, 0.6) is 0 Å². The SMILES string of the molecule is CC(CC1CC1)NS(=O)(=O)c1c[nH]c(CN)c1. The van der Waals surface area contributed by atoms with Crippen molar-refractivity contribution in [2.75, 3.05) is 0 Å². The first-order valence-electron chi connectivity index (χ1n) is 5.91. The van der Waals surface area contributed by atoms with Crippen LogP contribution in [0.3, 0.4) is 0 Å². The molecule has 2 rings (SSSR count). The van der Waals surface area contributed by atoms with Gasteiger partial charge in [-0.2, -0.15) is 0 Å². The molecule has 6 heteroatoms. The number of nitrogens with two attached hydrogens (primary N) is 1. The second-order valence-electron chi connectivity index (χ2n) is 4.77. The number of aromatic amines is 1. The molecule has 0 aromatic carbocycles. The number of rotatable bonds is 6. The first kappa shape index (κ1) is 12.6. The van der Waals surface area contributed by atoms with E-state index in [-0.39, 0.29) is 10.9 Å². The van der Waals surface area contributed by atoms with Gasteiger partial charge in [-0.3, -0.25) is 0 Å². The van der Waals surface area contributed by atoms with Crippen LogP contribution in [0.1, 0.15) is 31.9 Å². The van der Waals surface area contributed by atoms with Crippen LogP contribution in [-0.2, 0) is 16.6 Å². The van der Waals surface area contributed by atoms with Crippen LogP contribution in [-0.4, -0.2) is 19.4 Å². The lowest BCUT2D eigenvalue weighted by molar-refractivity contribution is 0.530. The quantitative estimate of drug-likeness (QED) is 0.708. The van der Waals surface area contributed by atoms with Crippen molar-refractivity contribution in [3.05, 3.63) is 18.0 Å². The highest BCUT2D eigenvalue weighted by Crippen LogP contribution is 2.33. The predicted molar refractivity (Wildman–Crippen MR) is 65.8 cm³/mol. The van der Waals surface area contributed by atoms with Crippen LogP contribution in [0.15, 0.2) is 17.2 Å². The molecule has 1 unspecified atom stereocenters. The van der Waals surface area contributed by atoms with Crippen LogP contribution in [0.2, 0.25) is 0 Å². The molecule has 0 amide bonds. The molecule has 1 aromatic heterocycles. The summed E-state index contributed by atoms with van der Waals surface area (Å²) >= 11 is 0. The minimum absolute atomic E-state index is 0.0104. The molecule has 5 nitrogen and oxygen atoms in total. The monoisotopic (exact) mass is 257 g/mol. The van der Waals surface area contributed by atoms with Gasteiger partial charge >= 0.3 is 0 Å². The summed E-state index contributed by atoms with van der Waals surface area (Å²) in [6.45, 7) is 2.22. The third-order valence-electron chi connectivity index (χ3n) is 2.99. The fraction of sp³-hybridized carbons (Fsp3) is 0.636. The average molecular weight is 257 g/mol. The molecule has 1 saturated carbocycles. The van der Waals surface area contributed by atoms with Crippen LogP contribution in [0.4, 0.5) is 0 Å². The zero-order valence-electron chi connectivity index (χ0n) is 9.94. The predicted octanol–water partition coefficient (Wildman–Crippen LogP) is 0.940. The molecule has 1 aliphatic carbocycles. The van der Waals surface area contributed by atoms with Crippen molar-refractivity contribution in [1.82, 2.24) is 9.71 Å². The Hall–Kier alpha value is -0.850. The van der Waals surface area contributed by atoms with E-state index in [1.165, 1.54) is 19.0 Å². The van der Waals surface area contributed by atoms with Crippen molar-refractivity contribution >= 4 is 10.0 Å². The van der Waals surface area contributed by atoms with Gasteiger partial charge in [-0.15, -0.1) is 0 Å². The van der Waals surface area contributed by atoms with E-state index in [2.05, 4.69) is 9.71 Å². The summed E-state index contributed by atoms with van der Waals surface area (Å²) in [6, 6.07) is 1.57. The first-order chi connectivity index (χ1) is 8.01. The van der Waals surface area contributed by atoms with E-state index in [1.807, 2.05) is 6.92 Å². The summed E-state index contributed by atoms with van der Waals surface area (Å²) in [7, 11) is -3.40. The van der Waals surface area contributed by atoms with E-state index < -0.39 is 10.0 Å². The van der Waals surface area contributed by atoms with E-state index >= 15 is 0 Å². The minimum atomic E-state index is -3.40. The van der Waals surface area contributed by atoms with Crippen LogP contribution >= 0.6 is 0 Å². The first-order valence-corrected chi connectivity index (χ1v) is 7.39. The number of hydrogen-bond donors (Lipinski definition) is 3. The molecule has 1 heterocycles.